The van der Waals surface area contributed by atoms with Crippen LogP contribution in [0.1, 0.15) is 15.9 Å². The van der Waals surface area contributed by atoms with Gasteiger partial charge in [0.15, 0.2) is 0 Å². The van der Waals surface area contributed by atoms with E-state index in [-0.39, 0.29) is 12.0 Å². The second-order valence-electron chi connectivity index (χ2n) is 2.76. The molecule has 0 aliphatic rings. The van der Waals surface area contributed by atoms with Gasteiger partial charge in [-0.15, -0.1) is 11.6 Å². The molecule has 0 spiro atoms. The number of rotatable bonds is 3. The standard InChI is InChI=1S/C10H8ClNO2/c11-8(6-12)5-7-3-1-2-4-9(7)10(13)14/h1-4,8H,5H2,(H,13,14). The van der Waals surface area contributed by atoms with Gasteiger partial charge in [0, 0.05) is 6.42 Å². The molecule has 1 aromatic rings. The number of hydrogen-bond acceptors (Lipinski definition) is 2. The summed E-state index contributed by atoms with van der Waals surface area (Å²) in [6, 6.07) is 8.38. The van der Waals surface area contributed by atoms with E-state index in [0.29, 0.717) is 5.56 Å². The van der Waals surface area contributed by atoms with Crippen molar-refractivity contribution in [3.8, 4) is 6.07 Å². The first-order chi connectivity index (χ1) is 6.65. The Morgan fingerprint density at radius 2 is 2.21 bits per heavy atom. The first kappa shape index (κ1) is 10.6. The van der Waals surface area contributed by atoms with Crippen LogP contribution in [0.5, 0.6) is 0 Å². The molecule has 0 radical (unpaired) electrons. The molecule has 1 unspecified atom stereocenters. The highest BCUT2D eigenvalue weighted by Gasteiger charge is 2.12. The van der Waals surface area contributed by atoms with Gasteiger partial charge >= 0.3 is 5.97 Å². The van der Waals surface area contributed by atoms with E-state index >= 15 is 0 Å². The molecule has 0 bridgehead atoms. The molecular formula is C10H8ClNO2. The summed E-state index contributed by atoms with van der Waals surface area (Å²) in [6.07, 6.45) is 0.251. The summed E-state index contributed by atoms with van der Waals surface area (Å²) in [4.78, 5) is 10.8. The van der Waals surface area contributed by atoms with Crippen LogP contribution >= 0.6 is 11.6 Å². The SMILES string of the molecule is N#CC(Cl)Cc1ccccc1C(=O)O. The summed E-state index contributed by atoms with van der Waals surface area (Å²) in [5, 5.41) is 16.6. The largest absolute Gasteiger partial charge is 0.478 e. The first-order valence-corrected chi connectivity index (χ1v) is 4.43. The van der Waals surface area contributed by atoms with Crippen LogP contribution in [0.3, 0.4) is 0 Å². The molecule has 1 N–H and O–H groups in total. The third-order valence-corrected chi connectivity index (χ3v) is 2.04. The van der Waals surface area contributed by atoms with Gasteiger partial charge in [-0.1, -0.05) is 18.2 Å². The Balaban J connectivity index is 2.97. The van der Waals surface area contributed by atoms with Gasteiger partial charge in [-0.25, -0.2) is 4.79 Å². The summed E-state index contributed by atoms with van der Waals surface area (Å²) in [5.74, 6) is -0.998. The van der Waals surface area contributed by atoms with Gasteiger partial charge in [-0.05, 0) is 11.6 Å². The van der Waals surface area contributed by atoms with Gasteiger partial charge in [-0.2, -0.15) is 5.26 Å². The smallest absolute Gasteiger partial charge is 0.335 e. The molecule has 0 amide bonds. The van der Waals surface area contributed by atoms with Crippen LogP contribution in [0.4, 0.5) is 0 Å². The lowest BCUT2D eigenvalue weighted by atomic mass is 10.0. The highest BCUT2D eigenvalue weighted by Crippen LogP contribution is 2.13. The second-order valence-corrected chi connectivity index (χ2v) is 3.29. The Morgan fingerprint density at radius 3 is 2.79 bits per heavy atom. The Labute approximate surface area is 86.5 Å². The van der Waals surface area contributed by atoms with Gasteiger partial charge in [-0.3, -0.25) is 0 Å². The number of nitrogens with zero attached hydrogens (tertiary/aromatic N) is 1. The topological polar surface area (TPSA) is 61.1 Å². The van der Waals surface area contributed by atoms with Crippen LogP contribution in [0, 0.1) is 11.3 Å². The minimum absolute atomic E-state index is 0.202. The predicted molar refractivity (Wildman–Crippen MR) is 52.4 cm³/mol. The molecule has 1 atom stereocenters. The van der Waals surface area contributed by atoms with Crippen LogP contribution < -0.4 is 0 Å². The van der Waals surface area contributed by atoms with E-state index in [1.165, 1.54) is 6.07 Å². The van der Waals surface area contributed by atoms with Crippen molar-refractivity contribution in [3.05, 3.63) is 35.4 Å². The Morgan fingerprint density at radius 1 is 1.57 bits per heavy atom. The first-order valence-electron chi connectivity index (χ1n) is 4.00. The van der Waals surface area contributed by atoms with E-state index in [0.717, 1.165) is 0 Å². The zero-order valence-electron chi connectivity index (χ0n) is 7.27. The van der Waals surface area contributed by atoms with E-state index in [2.05, 4.69) is 0 Å². The number of halogens is 1. The highest BCUT2D eigenvalue weighted by molar-refractivity contribution is 6.22. The van der Waals surface area contributed by atoms with Crippen molar-refractivity contribution in [1.82, 2.24) is 0 Å². The third kappa shape index (κ3) is 2.48. The van der Waals surface area contributed by atoms with Gasteiger partial charge in [0.2, 0.25) is 0 Å². The third-order valence-electron chi connectivity index (χ3n) is 1.79. The Bertz CT molecular complexity index is 384. The summed E-state index contributed by atoms with van der Waals surface area (Å²) in [6.45, 7) is 0. The summed E-state index contributed by atoms with van der Waals surface area (Å²) >= 11 is 5.62. The molecule has 0 fully saturated rings. The zero-order valence-corrected chi connectivity index (χ0v) is 8.03. The Hall–Kier alpha value is -1.53. The normalized spacial score (nSPS) is 11.7. The quantitative estimate of drug-likeness (QED) is 0.776. The van der Waals surface area contributed by atoms with Crippen molar-refractivity contribution in [3.63, 3.8) is 0 Å². The van der Waals surface area contributed by atoms with Crippen molar-refractivity contribution in [2.24, 2.45) is 0 Å². The molecule has 72 valence electrons. The minimum atomic E-state index is -0.998. The minimum Gasteiger partial charge on any atom is -0.478 e. The molecular weight excluding hydrogens is 202 g/mol. The fourth-order valence-corrected chi connectivity index (χ4v) is 1.31. The maximum absolute atomic E-state index is 10.8. The molecule has 0 aliphatic carbocycles. The molecule has 1 rings (SSSR count). The molecule has 0 saturated carbocycles. The predicted octanol–water partition coefficient (Wildman–Crippen LogP) is 2.06. The summed E-state index contributed by atoms with van der Waals surface area (Å²) < 4.78 is 0. The monoisotopic (exact) mass is 209 g/mol. The van der Waals surface area contributed by atoms with Crippen molar-refractivity contribution >= 4 is 17.6 Å². The fourth-order valence-electron chi connectivity index (χ4n) is 1.15. The van der Waals surface area contributed by atoms with E-state index in [1.54, 1.807) is 18.2 Å². The number of benzene rings is 1. The van der Waals surface area contributed by atoms with E-state index in [1.807, 2.05) is 6.07 Å². The van der Waals surface area contributed by atoms with Gasteiger partial charge in [0.25, 0.3) is 0 Å². The second kappa shape index (κ2) is 4.64. The number of carboxylic acids is 1. The van der Waals surface area contributed by atoms with E-state index in [9.17, 15) is 4.79 Å². The number of nitriles is 1. The van der Waals surface area contributed by atoms with Gasteiger partial charge < -0.3 is 5.11 Å². The van der Waals surface area contributed by atoms with E-state index in [4.69, 9.17) is 22.0 Å². The molecule has 0 heterocycles. The summed E-state index contributed by atoms with van der Waals surface area (Å²) in [7, 11) is 0. The molecule has 0 aromatic heterocycles. The number of hydrogen-bond donors (Lipinski definition) is 1. The van der Waals surface area contributed by atoms with Gasteiger partial charge in [0.05, 0.1) is 11.6 Å². The van der Waals surface area contributed by atoms with Crippen molar-refractivity contribution in [1.29, 1.82) is 5.26 Å². The highest BCUT2D eigenvalue weighted by atomic mass is 35.5. The van der Waals surface area contributed by atoms with Crippen LogP contribution in [0.2, 0.25) is 0 Å². The van der Waals surface area contributed by atoms with E-state index < -0.39 is 11.3 Å². The van der Waals surface area contributed by atoms with Crippen molar-refractivity contribution in [2.45, 2.75) is 11.8 Å². The lowest BCUT2D eigenvalue weighted by molar-refractivity contribution is 0.0695. The number of alkyl halides is 1. The van der Waals surface area contributed by atoms with Crippen LogP contribution in [-0.2, 0) is 6.42 Å². The zero-order chi connectivity index (χ0) is 10.6. The molecule has 1 aromatic carbocycles. The van der Waals surface area contributed by atoms with Crippen LogP contribution in [-0.4, -0.2) is 16.5 Å². The maximum atomic E-state index is 10.8. The van der Waals surface area contributed by atoms with Crippen LogP contribution in [0.15, 0.2) is 24.3 Å². The Kier molecular flexibility index (Phi) is 3.49. The lowest BCUT2D eigenvalue weighted by Gasteiger charge is -2.05. The number of carbonyl (C=O) groups is 1. The van der Waals surface area contributed by atoms with Crippen molar-refractivity contribution in [2.75, 3.05) is 0 Å². The fraction of sp³-hybridized carbons (Fsp3) is 0.200. The van der Waals surface area contributed by atoms with Crippen LogP contribution in [0.25, 0.3) is 0 Å². The van der Waals surface area contributed by atoms with Crippen molar-refractivity contribution < 1.29 is 9.90 Å². The average Bonchev–Trinajstić information content (AvgIpc) is 2.18. The summed E-state index contributed by atoms with van der Waals surface area (Å²) in [5.41, 5.74) is 0.787. The molecule has 4 heteroatoms. The molecule has 3 nitrogen and oxygen atoms in total. The average molecular weight is 210 g/mol. The lowest BCUT2D eigenvalue weighted by Crippen LogP contribution is -2.07. The van der Waals surface area contributed by atoms with Gasteiger partial charge in [0.1, 0.15) is 5.38 Å². The molecule has 0 aliphatic heterocycles. The number of aromatic carboxylic acids is 1. The maximum Gasteiger partial charge on any atom is 0.335 e. The molecule has 0 saturated heterocycles. The number of carboxylic acid groups (broad SMARTS) is 1. The molecule has 14 heavy (non-hydrogen) atoms.